The molecule has 0 saturated heterocycles. The molecule has 2 aromatic rings. The molecule has 192 valence electrons. The first kappa shape index (κ1) is 25.1. The van der Waals surface area contributed by atoms with E-state index in [1.165, 1.54) is 12.8 Å². The Kier molecular flexibility index (Phi) is 6.53. The van der Waals surface area contributed by atoms with Crippen molar-refractivity contribution in [2.24, 2.45) is 11.1 Å². The van der Waals surface area contributed by atoms with Gasteiger partial charge in [-0.1, -0.05) is 41.2 Å². The number of fused-ring (bicyclic) bond motifs is 1. The number of amides is 1. The van der Waals surface area contributed by atoms with Crippen LogP contribution in [0.2, 0.25) is 10.0 Å². The second kappa shape index (κ2) is 9.37. The molecule has 36 heavy (non-hydrogen) atoms. The Morgan fingerprint density at radius 3 is 2.47 bits per heavy atom. The predicted molar refractivity (Wildman–Crippen MR) is 125 cm³/mol. The number of alkyl halides is 3. The molecule has 1 aliphatic carbocycles. The quantitative estimate of drug-likeness (QED) is 0.381. The summed E-state index contributed by atoms with van der Waals surface area (Å²) in [5.41, 5.74) is -1.48. The van der Waals surface area contributed by atoms with Crippen LogP contribution in [0, 0.1) is 11.7 Å². The van der Waals surface area contributed by atoms with E-state index in [4.69, 9.17) is 28.0 Å². The normalized spacial score (nSPS) is 21.9. The maximum Gasteiger partial charge on any atom is 0.435 e. The van der Waals surface area contributed by atoms with E-state index in [0.717, 1.165) is 36.1 Å². The number of nitrogens with one attached hydrogen (secondary N) is 1. The number of benzene rings is 1. The van der Waals surface area contributed by atoms with Crippen molar-refractivity contribution < 1.29 is 27.2 Å². The summed E-state index contributed by atoms with van der Waals surface area (Å²) in [6.45, 7) is 1.10. The fourth-order valence-electron chi connectivity index (χ4n) is 4.98. The van der Waals surface area contributed by atoms with Gasteiger partial charge in [-0.25, -0.2) is 4.39 Å². The maximum absolute atomic E-state index is 14.3. The minimum absolute atomic E-state index is 0.0623. The number of hydrogen-bond acceptors (Lipinski definition) is 5. The van der Waals surface area contributed by atoms with Crippen LogP contribution >= 0.6 is 23.2 Å². The molecule has 3 aliphatic rings. The van der Waals surface area contributed by atoms with Crippen LogP contribution in [-0.2, 0) is 23.5 Å². The van der Waals surface area contributed by atoms with Crippen LogP contribution < -0.4 is 5.32 Å². The molecule has 1 aromatic heterocycles. The number of carbonyl (C=O) groups excluding carboxylic acids is 1. The highest BCUT2D eigenvalue weighted by atomic mass is 35.5. The zero-order valence-electron chi connectivity index (χ0n) is 19.0. The fourth-order valence-corrected chi connectivity index (χ4v) is 5.46. The molecule has 6 nitrogen and oxygen atoms in total. The molecule has 1 amide bonds. The summed E-state index contributed by atoms with van der Waals surface area (Å²) in [6, 6.07) is 3.37. The molecule has 12 heteroatoms. The highest BCUT2D eigenvalue weighted by molar-refractivity contribution is 6.35. The van der Waals surface area contributed by atoms with Crippen molar-refractivity contribution in [3.63, 3.8) is 0 Å². The largest absolute Gasteiger partial charge is 0.435 e. The molecule has 0 spiro atoms. The van der Waals surface area contributed by atoms with E-state index in [2.05, 4.69) is 15.5 Å². The first-order chi connectivity index (χ1) is 17.1. The van der Waals surface area contributed by atoms with Gasteiger partial charge in [-0.15, -0.1) is 0 Å². The van der Waals surface area contributed by atoms with Gasteiger partial charge in [0.1, 0.15) is 11.5 Å². The molecule has 1 unspecified atom stereocenters. The number of halogens is 6. The third-order valence-electron chi connectivity index (χ3n) is 7.05. The third kappa shape index (κ3) is 4.49. The van der Waals surface area contributed by atoms with Gasteiger partial charge in [-0.3, -0.25) is 9.78 Å². The van der Waals surface area contributed by atoms with Gasteiger partial charge in [0.25, 0.3) is 11.5 Å². The maximum atomic E-state index is 14.3. The minimum Gasteiger partial charge on any atom is -0.372 e. The van der Waals surface area contributed by atoms with E-state index in [1.807, 2.05) is 0 Å². The Morgan fingerprint density at radius 1 is 1.14 bits per heavy atom. The van der Waals surface area contributed by atoms with E-state index >= 15 is 0 Å². The lowest BCUT2D eigenvalue weighted by atomic mass is 9.89. The van der Waals surface area contributed by atoms with Crippen LogP contribution in [0.15, 0.2) is 29.6 Å². The number of carbonyl (C=O) groups is 1. The Hall–Kier alpha value is -2.59. The zero-order valence-corrected chi connectivity index (χ0v) is 20.5. The smallest absolute Gasteiger partial charge is 0.372 e. The predicted octanol–water partition coefficient (Wildman–Crippen LogP) is 5.95. The lowest BCUT2D eigenvalue weighted by molar-refractivity contribution is -0.275. The summed E-state index contributed by atoms with van der Waals surface area (Å²) in [7, 11) is 0. The highest BCUT2D eigenvalue weighted by Crippen LogP contribution is 2.50. The van der Waals surface area contributed by atoms with E-state index < -0.39 is 39.6 Å². The number of pyridine rings is 1. The van der Waals surface area contributed by atoms with Crippen molar-refractivity contribution in [3.05, 3.63) is 62.6 Å². The summed E-state index contributed by atoms with van der Waals surface area (Å²) in [4.78, 5) is 23.5. The van der Waals surface area contributed by atoms with Crippen molar-refractivity contribution >= 4 is 34.9 Å². The van der Waals surface area contributed by atoms with Gasteiger partial charge in [-0.2, -0.15) is 13.2 Å². The highest BCUT2D eigenvalue weighted by Gasteiger charge is 2.63. The molecule has 1 saturated carbocycles. The Bertz CT molecular complexity index is 1210. The Labute approximate surface area is 214 Å². The SMILES string of the molecule is O=C(NCC1CCCC1)c1cc2c(cn1)CN(C1=NOC(c3cc(Cl)c(F)c(Cl)c3)(C(F)(F)F)C1)C2. The molecule has 2 aliphatic heterocycles. The fraction of sp³-hybridized carbons (Fsp3) is 0.458. The van der Waals surface area contributed by atoms with Gasteiger partial charge in [0.05, 0.1) is 16.5 Å². The summed E-state index contributed by atoms with van der Waals surface area (Å²) in [6.07, 6.45) is 0.592. The number of hydrogen-bond donors (Lipinski definition) is 1. The van der Waals surface area contributed by atoms with Crippen LogP contribution in [0.25, 0.3) is 0 Å². The number of nitrogens with zero attached hydrogens (tertiary/aromatic N) is 3. The molecule has 1 fully saturated rings. The number of rotatable bonds is 4. The number of aromatic nitrogens is 1. The summed E-state index contributed by atoms with van der Waals surface area (Å²) >= 11 is 11.5. The second-order valence-corrected chi connectivity index (χ2v) is 10.2. The Balaban J connectivity index is 1.31. The van der Waals surface area contributed by atoms with Crippen LogP contribution in [-0.4, -0.2) is 34.3 Å². The number of amidine groups is 1. The number of oxime groups is 1. The molecule has 5 rings (SSSR count). The van der Waals surface area contributed by atoms with E-state index in [0.29, 0.717) is 12.5 Å². The lowest BCUT2D eigenvalue weighted by Gasteiger charge is -2.30. The first-order valence-corrected chi connectivity index (χ1v) is 12.3. The molecule has 0 radical (unpaired) electrons. The average Bonchev–Trinajstić information content (AvgIpc) is 3.59. The topological polar surface area (TPSA) is 66.8 Å². The first-order valence-electron chi connectivity index (χ1n) is 11.5. The second-order valence-electron chi connectivity index (χ2n) is 9.41. The van der Waals surface area contributed by atoms with Crippen molar-refractivity contribution in [2.45, 2.75) is 57.0 Å². The standard InChI is InChI=1S/C24H22Cl2F4N4O2/c25-17-6-16(7-18(26)21(17)27)23(24(28,29)30)8-20(33-36-23)34-11-14-5-19(31-10-15(14)12-34)22(35)32-9-13-3-1-2-4-13/h5-7,10,13H,1-4,8-9,11-12H2,(H,32,35). The van der Waals surface area contributed by atoms with E-state index in [-0.39, 0.29) is 30.5 Å². The van der Waals surface area contributed by atoms with Gasteiger partial charge < -0.3 is 15.1 Å². The summed E-state index contributed by atoms with van der Waals surface area (Å²) in [5.74, 6) is -0.735. The Morgan fingerprint density at radius 2 is 1.81 bits per heavy atom. The summed E-state index contributed by atoms with van der Waals surface area (Å²) < 4.78 is 56.6. The molecular weight excluding hydrogens is 523 g/mol. The molecule has 1 atom stereocenters. The minimum atomic E-state index is -4.89. The van der Waals surface area contributed by atoms with Gasteiger partial charge >= 0.3 is 6.18 Å². The van der Waals surface area contributed by atoms with Crippen LogP contribution in [0.4, 0.5) is 17.6 Å². The van der Waals surface area contributed by atoms with Crippen LogP contribution in [0.5, 0.6) is 0 Å². The van der Waals surface area contributed by atoms with Crippen molar-refractivity contribution in [1.82, 2.24) is 15.2 Å². The monoisotopic (exact) mass is 544 g/mol. The molecule has 3 heterocycles. The van der Waals surface area contributed by atoms with Gasteiger partial charge in [0.2, 0.25) is 0 Å². The van der Waals surface area contributed by atoms with Crippen LogP contribution in [0.1, 0.15) is 59.3 Å². The van der Waals surface area contributed by atoms with E-state index in [1.54, 1.807) is 17.2 Å². The van der Waals surface area contributed by atoms with Crippen molar-refractivity contribution in [2.75, 3.05) is 6.54 Å². The molecular formula is C24H22Cl2F4N4O2. The zero-order chi connectivity index (χ0) is 25.7. The van der Waals surface area contributed by atoms with Crippen molar-refractivity contribution in [3.8, 4) is 0 Å². The molecule has 1 N–H and O–H groups in total. The van der Waals surface area contributed by atoms with Crippen LogP contribution in [0.3, 0.4) is 0 Å². The van der Waals surface area contributed by atoms with Crippen molar-refractivity contribution in [1.29, 1.82) is 0 Å². The van der Waals surface area contributed by atoms with Gasteiger partial charge in [0.15, 0.2) is 5.82 Å². The molecule has 1 aromatic carbocycles. The lowest BCUT2D eigenvalue weighted by Crippen LogP contribution is -2.44. The van der Waals surface area contributed by atoms with E-state index in [9.17, 15) is 22.4 Å². The third-order valence-corrected chi connectivity index (χ3v) is 7.60. The van der Waals surface area contributed by atoms with Gasteiger partial charge in [-0.05, 0) is 48.1 Å². The average molecular weight is 545 g/mol. The van der Waals surface area contributed by atoms with Gasteiger partial charge in [0, 0.05) is 31.4 Å². The summed E-state index contributed by atoms with van der Waals surface area (Å²) in [5, 5.41) is 5.59. The molecule has 0 bridgehead atoms.